The number of thiazole rings is 1. The molecule has 224 valence electrons. The van der Waals surface area contributed by atoms with Gasteiger partial charge in [-0.25, -0.2) is 19.3 Å². The molecule has 0 bridgehead atoms. The topological polar surface area (TPSA) is 110 Å². The lowest BCUT2D eigenvalue weighted by molar-refractivity contribution is 0.0525. The Morgan fingerprint density at radius 1 is 1.07 bits per heavy atom. The highest BCUT2D eigenvalue weighted by Gasteiger charge is 2.33. The first kappa shape index (κ1) is 30.0. The molecule has 10 nitrogen and oxygen atoms in total. The summed E-state index contributed by atoms with van der Waals surface area (Å²) in [5, 5.41) is 10.2. The van der Waals surface area contributed by atoms with Gasteiger partial charge in [-0.3, -0.25) is 4.79 Å². The van der Waals surface area contributed by atoms with Crippen LogP contribution in [0, 0.1) is 6.92 Å². The SMILES string of the molecule is CCOC(=O)c1ccc(NC(=O)N2CCN(C(=O)c3cnn(-c4nc(-c5ccc(C)cc5)cs4)c3C(C)C)CC2C)cc1. The standard InChI is InChI=1S/C32H36N6O4S/c1-6-42-30(40)24-11-13-25(14-12-24)34-31(41)37-16-15-36(18-22(37)5)29(39)26-17-33-38(28(26)20(2)3)32-35-27(19-43-32)23-9-7-21(4)8-10-23/h7-14,17,19-20,22H,6,15-16,18H2,1-5H3,(H,34,41). The van der Waals surface area contributed by atoms with Gasteiger partial charge in [0.05, 0.1) is 35.3 Å². The summed E-state index contributed by atoms with van der Waals surface area (Å²) in [4.78, 5) is 47.1. The predicted molar refractivity (Wildman–Crippen MR) is 167 cm³/mol. The van der Waals surface area contributed by atoms with E-state index in [1.54, 1.807) is 51.9 Å². The van der Waals surface area contributed by atoms with Gasteiger partial charge in [0.25, 0.3) is 5.91 Å². The maximum absolute atomic E-state index is 13.8. The van der Waals surface area contributed by atoms with Crippen molar-refractivity contribution in [2.24, 2.45) is 0 Å². The van der Waals surface area contributed by atoms with Crippen molar-refractivity contribution in [2.45, 2.75) is 46.6 Å². The van der Waals surface area contributed by atoms with Crippen molar-refractivity contribution in [3.8, 4) is 16.4 Å². The number of amides is 3. The van der Waals surface area contributed by atoms with Gasteiger partial charge < -0.3 is 19.9 Å². The zero-order valence-electron chi connectivity index (χ0n) is 25.0. The molecule has 1 N–H and O–H groups in total. The fraction of sp³-hybridized carbons (Fsp3) is 0.344. The minimum absolute atomic E-state index is 0.0351. The van der Waals surface area contributed by atoms with E-state index in [1.165, 1.54) is 16.9 Å². The molecule has 3 amide bonds. The van der Waals surface area contributed by atoms with Crippen LogP contribution >= 0.6 is 11.3 Å². The number of urea groups is 1. The monoisotopic (exact) mass is 600 g/mol. The number of esters is 1. The third kappa shape index (κ3) is 6.46. The summed E-state index contributed by atoms with van der Waals surface area (Å²) in [6, 6.07) is 14.4. The summed E-state index contributed by atoms with van der Waals surface area (Å²) in [7, 11) is 0. The Morgan fingerprint density at radius 2 is 1.79 bits per heavy atom. The maximum Gasteiger partial charge on any atom is 0.338 e. The van der Waals surface area contributed by atoms with Crippen LogP contribution in [0.3, 0.4) is 0 Å². The average molecular weight is 601 g/mol. The van der Waals surface area contributed by atoms with Gasteiger partial charge in [0, 0.05) is 42.3 Å². The van der Waals surface area contributed by atoms with Crippen LogP contribution in [0.5, 0.6) is 0 Å². The minimum atomic E-state index is -0.403. The van der Waals surface area contributed by atoms with Gasteiger partial charge in [-0.1, -0.05) is 43.7 Å². The number of piperazine rings is 1. The molecule has 4 aromatic rings. The van der Waals surface area contributed by atoms with Crippen LogP contribution in [-0.4, -0.2) is 74.8 Å². The summed E-state index contributed by atoms with van der Waals surface area (Å²) in [5.41, 5.74) is 5.46. The van der Waals surface area contributed by atoms with Gasteiger partial charge in [-0.05, 0) is 51.0 Å². The van der Waals surface area contributed by atoms with Crippen LogP contribution in [0.25, 0.3) is 16.4 Å². The van der Waals surface area contributed by atoms with Crippen molar-refractivity contribution in [1.82, 2.24) is 24.6 Å². The number of carbonyl (C=O) groups excluding carboxylic acids is 3. The Kier molecular flexibility index (Phi) is 8.91. The van der Waals surface area contributed by atoms with Gasteiger partial charge in [0.2, 0.25) is 5.13 Å². The van der Waals surface area contributed by atoms with Crippen LogP contribution < -0.4 is 5.32 Å². The van der Waals surface area contributed by atoms with E-state index in [0.29, 0.717) is 48.2 Å². The van der Waals surface area contributed by atoms with Crippen LogP contribution in [0.15, 0.2) is 60.1 Å². The van der Waals surface area contributed by atoms with E-state index >= 15 is 0 Å². The Labute approximate surface area is 255 Å². The van der Waals surface area contributed by atoms with E-state index in [4.69, 9.17) is 9.72 Å². The van der Waals surface area contributed by atoms with E-state index in [-0.39, 0.29) is 23.9 Å². The largest absolute Gasteiger partial charge is 0.462 e. The van der Waals surface area contributed by atoms with Crippen molar-refractivity contribution < 1.29 is 19.1 Å². The Morgan fingerprint density at radius 3 is 2.44 bits per heavy atom. The first-order valence-corrected chi connectivity index (χ1v) is 15.3. The van der Waals surface area contributed by atoms with Crippen molar-refractivity contribution in [1.29, 1.82) is 0 Å². The van der Waals surface area contributed by atoms with Crippen LogP contribution in [0.2, 0.25) is 0 Å². The molecule has 1 saturated heterocycles. The molecule has 2 aromatic carbocycles. The Balaban J connectivity index is 1.26. The van der Waals surface area contributed by atoms with Gasteiger partial charge >= 0.3 is 12.0 Å². The molecule has 0 spiro atoms. The molecular formula is C32H36N6O4S. The summed E-state index contributed by atoms with van der Waals surface area (Å²) in [5.74, 6) is -0.473. The normalized spacial score (nSPS) is 15.1. The van der Waals surface area contributed by atoms with Gasteiger partial charge in [0.1, 0.15) is 0 Å². The molecule has 0 saturated carbocycles. The van der Waals surface area contributed by atoms with Crippen molar-refractivity contribution in [2.75, 3.05) is 31.6 Å². The lowest BCUT2D eigenvalue weighted by Gasteiger charge is -2.39. The highest BCUT2D eigenvalue weighted by molar-refractivity contribution is 7.12. The summed E-state index contributed by atoms with van der Waals surface area (Å²) in [6.45, 7) is 11.3. The second kappa shape index (κ2) is 12.8. The molecule has 1 fully saturated rings. The van der Waals surface area contributed by atoms with E-state index < -0.39 is 5.97 Å². The smallest absolute Gasteiger partial charge is 0.338 e. The summed E-state index contributed by atoms with van der Waals surface area (Å²) in [6.07, 6.45) is 1.63. The van der Waals surface area contributed by atoms with Crippen molar-refractivity contribution in [3.05, 3.63) is 82.5 Å². The number of nitrogens with one attached hydrogen (secondary N) is 1. The third-order valence-corrected chi connectivity index (χ3v) is 8.24. The number of aromatic nitrogens is 3. The molecule has 43 heavy (non-hydrogen) atoms. The fourth-order valence-electron chi connectivity index (χ4n) is 5.16. The van der Waals surface area contributed by atoms with Crippen LogP contribution in [-0.2, 0) is 4.74 Å². The zero-order chi connectivity index (χ0) is 30.7. The molecule has 1 unspecified atom stereocenters. The molecule has 3 heterocycles. The summed E-state index contributed by atoms with van der Waals surface area (Å²) >= 11 is 1.49. The number of hydrogen-bond donors (Lipinski definition) is 1. The van der Waals surface area contributed by atoms with Crippen LogP contribution in [0.1, 0.15) is 65.6 Å². The number of carbonyl (C=O) groups is 3. The van der Waals surface area contributed by atoms with Gasteiger partial charge in [-0.2, -0.15) is 5.10 Å². The number of hydrogen-bond acceptors (Lipinski definition) is 7. The van der Waals surface area contributed by atoms with E-state index in [2.05, 4.69) is 41.6 Å². The molecule has 0 radical (unpaired) electrons. The van der Waals surface area contributed by atoms with Gasteiger partial charge in [0.15, 0.2) is 0 Å². The number of benzene rings is 2. The fourth-order valence-corrected chi connectivity index (χ4v) is 5.96. The molecule has 11 heteroatoms. The number of anilines is 1. The number of nitrogens with zero attached hydrogens (tertiary/aromatic N) is 5. The van der Waals surface area contributed by atoms with Crippen molar-refractivity contribution in [3.63, 3.8) is 0 Å². The molecule has 5 rings (SSSR count). The van der Waals surface area contributed by atoms with Crippen LogP contribution in [0.4, 0.5) is 10.5 Å². The zero-order valence-corrected chi connectivity index (χ0v) is 25.9. The Bertz CT molecular complexity index is 1610. The number of ether oxygens (including phenoxy) is 1. The maximum atomic E-state index is 13.8. The van der Waals surface area contributed by atoms with Crippen molar-refractivity contribution >= 4 is 34.9 Å². The molecule has 0 aliphatic carbocycles. The Hall–Kier alpha value is -4.51. The molecule has 2 aromatic heterocycles. The first-order valence-electron chi connectivity index (χ1n) is 14.4. The number of rotatable bonds is 7. The molecule has 1 atom stereocenters. The molecular weight excluding hydrogens is 564 g/mol. The van der Waals surface area contributed by atoms with E-state index in [0.717, 1.165) is 17.0 Å². The van der Waals surface area contributed by atoms with E-state index in [9.17, 15) is 14.4 Å². The third-order valence-electron chi connectivity index (χ3n) is 7.43. The minimum Gasteiger partial charge on any atom is -0.462 e. The second-order valence-corrected chi connectivity index (χ2v) is 11.7. The lowest BCUT2D eigenvalue weighted by atomic mass is 10.0. The summed E-state index contributed by atoms with van der Waals surface area (Å²) < 4.78 is 6.79. The first-order chi connectivity index (χ1) is 20.7. The lowest BCUT2D eigenvalue weighted by Crippen LogP contribution is -2.56. The average Bonchev–Trinajstić information content (AvgIpc) is 3.66. The highest BCUT2D eigenvalue weighted by atomic mass is 32.1. The molecule has 1 aliphatic rings. The quantitative estimate of drug-likeness (QED) is 0.261. The predicted octanol–water partition coefficient (Wildman–Crippen LogP) is 5.98. The highest BCUT2D eigenvalue weighted by Crippen LogP contribution is 2.29. The second-order valence-electron chi connectivity index (χ2n) is 10.9. The van der Waals surface area contributed by atoms with E-state index in [1.807, 2.05) is 26.2 Å². The van der Waals surface area contributed by atoms with Gasteiger partial charge in [-0.15, -0.1) is 11.3 Å². The number of aryl methyl sites for hydroxylation is 1. The molecule has 1 aliphatic heterocycles.